The molecule has 4 heterocycles. The Morgan fingerprint density at radius 1 is 1.03 bits per heavy atom. The monoisotopic (exact) mass is 473 g/mol. The fourth-order valence-corrected chi connectivity index (χ4v) is 5.28. The van der Waals surface area contributed by atoms with Gasteiger partial charge < -0.3 is 18.9 Å². The van der Waals surface area contributed by atoms with Gasteiger partial charge in [-0.2, -0.15) is 0 Å². The van der Waals surface area contributed by atoms with Crippen LogP contribution in [0.2, 0.25) is 0 Å². The molecule has 35 heavy (non-hydrogen) atoms. The van der Waals surface area contributed by atoms with Gasteiger partial charge in [0, 0.05) is 61.3 Å². The molecule has 1 unspecified atom stereocenters. The lowest BCUT2D eigenvalue weighted by Gasteiger charge is -2.39. The number of piperazine rings is 1. The minimum absolute atomic E-state index is 0.175. The molecule has 1 saturated carbocycles. The van der Waals surface area contributed by atoms with Crippen LogP contribution >= 0.6 is 0 Å². The minimum atomic E-state index is -0.175. The predicted octanol–water partition coefficient (Wildman–Crippen LogP) is 4.29. The molecule has 3 aliphatic rings. The van der Waals surface area contributed by atoms with E-state index in [1.54, 1.807) is 0 Å². The number of imidazole rings is 1. The average Bonchev–Trinajstić information content (AvgIpc) is 3.50. The Balaban J connectivity index is 1.06. The molecule has 7 nitrogen and oxygen atoms in total. The van der Waals surface area contributed by atoms with Gasteiger partial charge in [-0.05, 0) is 56.5 Å². The second-order valence-corrected chi connectivity index (χ2v) is 10.5. The predicted molar refractivity (Wildman–Crippen MR) is 136 cm³/mol. The zero-order chi connectivity index (χ0) is 23.8. The highest BCUT2D eigenvalue weighted by Crippen LogP contribution is 2.48. The summed E-state index contributed by atoms with van der Waals surface area (Å²) < 4.78 is 14.0. The third kappa shape index (κ3) is 4.85. The number of hydrogen-bond donors (Lipinski definition) is 0. The first-order chi connectivity index (χ1) is 17.1. The third-order valence-electron chi connectivity index (χ3n) is 7.93. The van der Waals surface area contributed by atoms with Crippen molar-refractivity contribution in [2.75, 3.05) is 44.3 Å². The highest BCUT2D eigenvalue weighted by atomic mass is 16.7. The van der Waals surface area contributed by atoms with Crippen molar-refractivity contribution in [3.05, 3.63) is 66.4 Å². The summed E-state index contributed by atoms with van der Waals surface area (Å²) in [7, 11) is 0. The Kier molecular flexibility index (Phi) is 6.08. The summed E-state index contributed by atoms with van der Waals surface area (Å²) in [6.45, 7) is 10.9. The largest absolute Gasteiger partial charge is 0.369 e. The molecule has 7 heteroatoms. The third-order valence-corrected chi connectivity index (χ3v) is 7.93. The molecule has 0 radical (unpaired) electrons. The molecule has 3 fully saturated rings. The number of pyridine rings is 1. The Hall–Kier alpha value is -2.74. The summed E-state index contributed by atoms with van der Waals surface area (Å²) >= 11 is 0. The molecule has 184 valence electrons. The normalized spacial score (nSPS) is 21.4. The van der Waals surface area contributed by atoms with Gasteiger partial charge in [0.1, 0.15) is 0 Å². The lowest BCUT2D eigenvalue weighted by atomic mass is 10.0. The van der Waals surface area contributed by atoms with Gasteiger partial charge in [-0.1, -0.05) is 12.1 Å². The van der Waals surface area contributed by atoms with E-state index >= 15 is 0 Å². The number of aromatic nitrogens is 3. The summed E-state index contributed by atoms with van der Waals surface area (Å²) in [6.07, 6.45) is 8.18. The summed E-state index contributed by atoms with van der Waals surface area (Å²) in [4.78, 5) is 14.2. The summed E-state index contributed by atoms with van der Waals surface area (Å²) in [5.41, 5.74) is 6.19. The Morgan fingerprint density at radius 2 is 1.83 bits per heavy atom. The van der Waals surface area contributed by atoms with Gasteiger partial charge in [-0.25, -0.2) is 4.98 Å². The molecule has 1 spiro atoms. The van der Waals surface area contributed by atoms with E-state index < -0.39 is 0 Å². The molecular formula is C28H35N5O2. The van der Waals surface area contributed by atoms with E-state index in [-0.39, 0.29) is 6.29 Å². The zero-order valence-corrected chi connectivity index (χ0v) is 20.8. The van der Waals surface area contributed by atoms with Crippen molar-refractivity contribution >= 4 is 5.69 Å². The number of rotatable bonds is 6. The van der Waals surface area contributed by atoms with Crippen LogP contribution in [0.4, 0.5) is 5.69 Å². The van der Waals surface area contributed by atoms with Gasteiger partial charge in [0.15, 0.2) is 6.29 Å². The van der Waals surface area contributed by atoms with Crippen LogP contribution in [0.1, 0.15) is 37.1 Å². The van der Waals surface area contributed by atoms with Crippen molar-refractivity contribution < 1.29 is 9.47 Å². The van der Waals surface area contributed by atoms with E-state index in [0.29, 0.717) is 18.0 Å². The van der Waals surface area contributed by atoms with Gasteiger partial charge in [0.25, 0.3) is 0 Å². The maximum Gasteiger partial charge on any atom is 0.175 e. The fraction of sp³-hybridized carbons (Fsp3) is 0.500. The van der Waals surface area contributed by atoms with Crippen LogP contribution in [-0.2, 0) is 16.0 Å². The van der Waals surface area contributed by atoms with Crippen molar-refractivity contribution in [1.82, 2.24) is 19.4 Å². The molecule has 2 aliphatic heterocycles. The van der Waals surface area contributed by atoms with E-state index in [9.17, 15) is 0 Å². The lowest BCUT2D eigenvalue weighted by Crippen LogP contribution is -2.47. The molecule has 6 rings (SSSR count). The van der Waals surface area contributed by atoms with Crippen molar-refractivity contribution in [1.29, 1.82) is 0 Å². The molecule has 3 aromatic rings. The topological polar surface area (TPSA) is 55.7 Å². The number of aryl methyl sites for hydroxylation is 1. The van der Waals surface area contributed by atoms with Crippen LogP contribution in [0.15, 0.2) is 55.1 Å². The fourth-order valence-electron chi connectivity index (χ4n) is 5.28. The molecule has 1 aromatic carbocycles. The van der Waals surface area contributed by atoms with Gasteiger partial charge in [-0.3, -0.25) is 9.88 Å². The van der Waals surface area contributed by atoms with Crippen LogP contribution in [0.25, 0.3) is 11.3 Å². The Morgan fingerprint density at radius 3 is 2.51 bits per heavy atom. The van der Waals surface area contributed by atoms with Gasteiger partial charge in [0.2, 0.25) is 0 Å². The van der Waals surface area contributed by atoms with E-state index in [2.05, 4.69) is 74.7 Å². The van der Waals surface area contributed by atoms with Crippen molar-refractivity contribution in [2.24, 2.45) is 5.41 Å². The Labute approximate surface area is 207 Å². The van der Waals surface area contributed by atoms with E-state index in [1.165, 1.54) is 29.7 Å². The first-order valence-corrected chi connectivity index (χ1v) is 12.8. The van der Waals surface area contributed by atoms with Crippen LogP contribution in [0.3, 0.4) is 0 Å². The van der Waals surface area contributed by atoms with Crippen LogP contribution in [-0.4, -0.2) is 65.1 Å². The van der Waals surface area contributed by atoms with Gasteiger partial charge >= 0.3 is 0 Å². The van der Waals surface area contributed by atoms with E-state index in [0.717, 1.165) is 50.8 Å². The second kappa shape index (κ2) is 9.37. The van der Waals surface area contributed by atoms with Crippen LogP contribution < -0.4 is 4.90 Å². The summed E-state index contributed by atoms with van der Waals surface area (Å²) in [5, 5.41) is 0. The quantitative estimate of drug-likeness (QED) is 0.532. The molecule has 1 atom stereocenters. The molecule has 2 aromatic heterocycles. The van der Waals surface area contributed by atoms with Gasteiger partial charge in [-0.15, -0.1) is 0 Å². The Bertz CT molecular complexity index is 1140. The maximum atomic E-state index is 5.95. The molecular weight excluding hydrogens is 438 g/mol. The van der Waals surface area contributed by atoms with Crippen molar-refractivity contribution in [3.8, 4) is 11.3 Å². The number of hydrogen-bond acceptors (Lipinski definition) is 6. The van der Waals surface area contributed by atoms with Crippen molar-refractivity contribution in [3.63, 3.8) is 0 Å². The van der Waals surface area contributed by atoms with Gasteiger partial charge in [0.05, 0.1) is 37.5 Å². The standard InChI is InChI=1S/C28H35N5O2/c1-21-15-23(33-13-11-32(12-14-33)22(2)25-5-3-4-10-29-25)6-7-24(21)26-16-31(20-30-26)17-27-34-18-28(8-9-28)19-35-27/h3-7,10,15-16,20,22,27H,8-9,11-14,17-19H2,1-2H3. The van der Waals surface area contributed by atoms with E-state index in [1.807, 2.05) is 18.6 Å². The highest BCUT2D eigenvalue weighted by molar-refractivity contribution is 5.67. The highest BCUT2D eigenvalue weighted by Gasteiger charge is 2.46. The van der Waals surface area contributed by atoms with Crippen LogP contribution in [0, 0.1) is 12.3 Å². The number of anilines is 1. The second-order valence-electron chi connectivity index (χ2n) is 10.5. The first-order valence-electron chi connectivity index (χ1n) is 12.8. The maximum absolute atomic E-state index is 5.95. The average molecular weight is 474 g/mol. The number of nitrogens with zero attached hydrogens (tertiary/aromatic N) is 5. The number of ether oxygens (including phenoxy) is 2. The SMILES string of the molecule is Cc1cc(N2CCN(C(C)c3ccccn3)CC2)ccc1-c1cn(CC2OCC3(CC3)CO2)cn1. The first kappa shape index (κ1) is 22.7. The molecule has 1 aliphatic carbocycles. The summed E-state index contributed by atoms with van der Waals surface area (Å²) in [6, 6.07) is 13.3. The minimum Gasteiger partial charge on any atom is -0.369 e. The molecule has 0 bridgehead atoms. The molecule has 0 amide bonds. The zero-order valence-electron chi connectivity index (χ0n) is 20.8. The molecule has 0 N–H and O–H groups in total. The number of benzene rings is 1. The smallest absolute Gasteiger partial charge is 0.175 e. The molecule has 2 saturated heterocycles. The van der Waals surface area contributed by atoms with Crippen LogP contribution in [0.5, 0.6) is 0 Å². The van der Waals surface area contributed by atoms with Crippen molar-refractivity contribution in [2.45, 2.75) is 45.6 Å². The van der Waals surface area contributed by atoms with E-state index in [4.69, 9.17) is 9.47 Å². The lowest BCUT2D eigenvalue weighted by molar-refractivity contribution is -0.212. The summed E-state index contributed by atoms with van der Waals surface area (Å²) in [5.74, 6) is 0.